The van der Waals surface area contributed by atoms with E-state index in [0.29, 0.717) is 24.0 Å². The highest BCUT2D eigenvalue weighted by Gasteiger charge is 2.28. The van der Waals surface area contributed by atoms with Crippen molar-refractivity contribution in [2.24, 2.45) is 5.92 Å². The monoisotopic (exact) mass is 416 g/mol. The third-order valence-electron chi connectivity index (χ3n) is 5.75. The van der Waals surface area contributed by atoms with Gasteiger partial charge >= 0.3 is 0 Å². The maximum atomic E-state index is 12.9. The molecule has 4 rings (SSSR count). The Hall–Kier alpha value is -3.41. The SMILES string of the molecule is Cc1ccc(Oc2nccnc2N2CCC[C@H](C(=O)Nc3ccc(C)c(C)c3)C2)cc1. The number of ether oxygens (including phenoxy) is 1. The molecule has 1 fully saturated rings. The van der Waals surface area contributed by atoms with Gasteiger partial charge in [-0.1, -0.05) is 23.8 Å². The molecule has 1 saturated heterocycles. The third kappa shape index (κ3) is 5.02. The minimum atomic E-state index is -0.121. The lowest BCUT2D eigenvalue weighted by Crippen LogP contribution is -2.41. The van der Waals surface area contributed by atoms with Crippen LogP contribution < -0.4 is 15.0 Å². The number of benzene rings is 2. The van der Waals surface area contributed by atoms with Gasteiger partial charge in [0, 0.05) is 31.2 Å². The Balaban J connectivity index is 1.47. The van der Waals surface area contributed by atoms with Gasteiger partial charge in [0.15, 0.2) is 5.82 Å². The van der Waals surface area contributed by atoms with Crippen LogP contribution in [0.2, 0.25) is 0 Å². The summed E-state index contributed by atoms with van der Waals surface area (Å²) in [5.41, 5.74) is 4.39. The predicted octanol–water partition coefficient (Wildman–Crippen LogP) is 5.05. The van der Waals surface area contributed by atoms with Crippen LogP contribution in [0.5, 0.6) is 11.6 Å². The number of carbonyl (C=O) groups excluding carboxylic acids is 1. The minimum Gasteiger partial charge on any atom is -0.436 e. The number of nitrogens with zero attached hydrogens (tertiary/aromatic N) is 3. The summed E-state index contributed by atoms with van der Waals surface area (Å²) in [7, 11) is 0. The second-order valence-corrected chi connectivity index (χ2v) is 8.17. The van der Waals surface area contributed by atoms with Crippen LogP contribution in [-0.4, -0.2) is 29.0 Å². The van der Waals surface area contributed by atoms with E-state index < -0.39 is 0 Å². The second kappa shape index (κ2) is 9.16. The number of rotatable bonds is 5. The van der Waals surface area contributed by atoms with Gasteiger partial charge in [-0.2, -0.15) is 0 Å². The zero-order chi connectivity index (χ0) is 21.8. The first-order valence-electron chi connectivity index (χ1n) is 10.7. The molecule has 1 aliphatic heterocycles. The summed E-state index contributed by atoms with van der Waals surface area (Å²) in [5.74, 6) is 1.77. The number of hydrogen-bond acceptors (Lipinski definition) is 5. The maximum Gasteiger partial charge on any atom is 0.263 e. The van der Waals surface area contributed by atoms with Gasteiger partial charge in [-0.25, -0.2) is 9.97 Å². The van der Waals surface area contributed by atoms with Crippen LogP contribution in [0.3, 0.4) is 0 Å². The Morgan fingerprint density at radius 3 is 2.58 bits per heavy atom. The fraction of sp³-hybridized carbons (Fsp3) is 0.320. The Labute approximate surface area is 183 Å². The standard InChI is InChI=1S/C25H28N4O2/c1-17-6-10-22(11-7-17)31-25-23(26-12-13-27-25)29-14-4-5-20(16-29)24(30)28-21-9-8-18(2)19(3)15-21/h6-13,15,20H,4-5,14,16H2,1-3H3,(H,28,30)/t20-/m0/s1. The smallest absolute Gasteiger partial charge is 0.263 e. The van der Waals surface area contributed by atoms with Crippen molar-refractivity contribution in [3.63, 3.8) is 0 Å². The molecule has 1 aromatic heterocycles. The number of nitrogens with one attached hydrogen (secondary N) is 1. The van der Waals surface area contributed by atoms with Gasteiger partial charge in [0.25, 0.3) is 5.88 Å². The second-order valence-electron chi connectivity index (χ2n) is 8.17. The Kier molecular flexibility index (Phi) is 6.16. The van der Waals surface area contributed by atoms with Crippen molar-refractivity contribution >= 4 is 17.4 Å². The normalized spacial score (nSPS) is 16.1. The van der Waals surface area contributed by atoms with Crippen molar-refractivity contribution in [3.05, 3.63) is 71.5 Å². The van der Waals surface area contributed by atoms with E-state index in [2.05, 4.69) is 34.0 Å². The summed E-state index contributed by atoms with van der Waals surface area (Å²) in [6.45, 7) is 7.55. The first-order valence-corrected chi connectivity index (χ1v) is 10.7. The van der Waals surface area contributed by atoms with E-state index in [1.165, 1.54) is 16.7 Å². The molecule has 0 radical (unpaired) electrons. The average molecular weight is 417 g/mol. The highest BCUT2D eigenvalue weighted by molar-refractivity contribution is 5.93. The summed E-state index contributed by atoms with van der Waals surface area (Å²) in [6, 6.07) is 13.8. The van der Waals surface area contributed by atoms with Crippen LogP contribution in [-0.2, 0) is 4.79 Å². The molecule has 2 aromatic carbocycles. The first kappa shape index (κ1) is 20.8. The van der Waals surface area contributed by atoms with Crippen molar-refractivity contribution in [3.8, 4) is 11.6 Å². The molecular weight excluding hydrogens is 388 g/mol. The Morgan fingerprint density at radius 1 is 1.03 bits per heavy atom. The van der Waals surface area contributed by atoms with Gasteiger partial charge in [-0.15, -0.1) is 0 Å². The van der Waals surface area contributed by atoms with Gasteiger partial charge in [-0.3, -0.25) is 4.79 Å². The van der Waals surface area contributed by atoms with Crippen LogP contribution in [0.4, 0.5) is 11.5 Å². The molecular formula is C25H28N4O2. The molecule has 0 unspecified atom stereocenters. The van der Waals surface area contributed by atoms with E-state index >= 15 is 0 Å². The lowest BCUT2D eigenvalue weighted by molar-refractivity contribution is -0.120. The molecule has 0 aliphatic carbocycles. The van der Waals surface area contributed by atoms with E-state index in [4.69, 9.17) is 4.74 Å². The van der Waals surface area contributed by atoms with Crippen molar-refractivity contribution in [2.75, 3.05) is 23.3 Å². The van der Waals surface area contributed by atoms with E-state index in [-0.39, 0.29) is 11.8 Å². The average Bonchev–Trinajstić information content (AvgIpc) is 2.78. The van der Waals surface area contributed by atoms with E-state index in [9.17, 15) is 4.79 Å². The molecule has 6 heteroatoms. The topological polar surface area (TPSA) is 67.4 Å². The largest absolute Gasteiger partial charge is 0.436 e. The molecule has 1 amide bonds. The first-order chi connectivity index (χ1) is 15.0. The van der Waals surface area contributed by atoms with Crippen LogP contribution in [0.1, 0.15) is 29.5 Å². The number of aromatic nitrogens is 2. The number of amides is 1. The van der Waals surface area contributed by atoms with E-state index in [1.54, 1.807) is 12.4 Å². The summed E-state index contributed by atoms with van der Waals surface area (Å²) in [5, 5.41) is 3.08. The van der Waals surface area contributed by atoms with Crippen molar-refractivity contribution in [1.29, 1.82) is 0 Å². The van der Waals surface area contributed by atoms with Gasteiger partial charge in [-0.05, 0) is 69.0 Å². The predicted molar refractivity (Wildman–Crippen MR) is 123 cm³/mol. The Morgan fingerprint density at radius 2 is 1.81 bits per heavy atom. The zero-order valence-corrected chi connectivity index (χ0v) is 18.3. The van der Waals surface area contributed by atoms with E-state index in [0.717, 1.165) is 25.1 Å². The quantitative estimate of drug-likeness (QED) is 0.630. The highest BCUT2D eigenvalue weighted by atomic mass is 16.5. The summed E-state index contributed by atoms with van der Waals surface area (Å²) in [4.78, 5) is 24.0. The van der Waals surface area contributed by atoms with Crippen LogP contribution in [0.15, 0.2) is 54.9 Å². The fourth-order valence-electron chi connectivity index (χ4n) is 3.77. The van der Waals surface area contributed by atoms with E-state index in [1.807, 2.05) is 49.4 Å². The lowest BCUT2D eigenvalue weighted by Gasteiger charge is -2.33. The number of hydrogen-bond donors (Lipinski definition) is 1. The van der Waals surface area contributed by atoms with Crippen LogP contribution in [0.25, 0.3) is 0 Å². The molecule has 1 N–H and O–H groups in total. The minimum absolute atomic E-state index is 0.0397. The number of carbonyl (C=O) groups is 1. The molecule has 6 nitrogen and oxygen atoms in total. The number of piperidine rings is 1. The number of aryl methyl sites for hydroxylation is 3. The van der Waals surface area contributed by atoms with Gasteiger partial charge < -0.3 is 15.0 Å². The maximum absolute atomic E-state index is 12.9. The number of anilines is 2. The summed E-state index contributed by atoms with van der Waals surface area (Å²) >= 11 is 0. The Bertz CT molecular complexity index is 1070. The third-order valence-corrected chi connectivity index (χ3v) is 5.75. The highest BCUT2D eigenvalue weighted by Crippen LogP contribution is 2.31. The van der Waals surface area contributed by atoms with Crippen LogP contribution >= 0.6 is 0 Å². The molecule has 0 saturated carbocycles. The molecule has 160 valence electrons. The molecule has 0 bridgehead atoms. The molecule has 0 spiro atoms. The lowest BCUT2D eigenvalue weighted by atomic mass is 9.97. The zero-order valence-electron chi connectivity index (χ0n) is 18.3. The van der Waals surface area contributed by atoms with Crippen molar-refractivity contribution in [1.82, 2.24) is 9.97 Å². The molecule has 1 aliphatic rings. The summed E-state index contributed by atoms with van der Waals surface area (Å²) in [6.07, 6.45) is 5.05. The van der Waals surface area contributed by atoms with Crippen LogP contribution in [0, 0.1) is 26.7 Å². The van der Waals surface area contributed by atoms with Crippen molar-refractivity contribution < 1.29 is 9.53 Å². The van der Waals surface area contributed by atoms with Crippen molar-refractivity contribution in [2.45, 2.75) is 33.6 Å². The van der Waals surface area contributed by atoms with Gasteiger partial charge in [0.05, 0.1) is 5.92 Å². The van der Waals surface area contributed by atoms with Gasteiger partial charge in [0.2, 0.25) is 5.91 Å². The molecule has 31 heavy (non-hydrogen) atoms. The summed E-state index contributed by atoms with van der Waals surface area (Å²) < 4.78 is 6.02. The fourth-order valence-corrected chi connectivity index (χ4v) is 3.77. The molecule has 1 atom stereocenters. The van der Waals surface area contributed by atoms with Gasteiger partial charge in [0.1, 0.15) is 5.75 Å². The molecule has 3 aromatic rings. The molecule has 2 heterocycles.